The maximum atomic E-state index is 12.3. The number of aromatic nitrogens is 3. The molecule has 7 heteroatoms. The fourth-order valence-electron chi connectivity index (χ4n) is 2.63. The molecule has 1 N–H and O–H groups in total. The molecular formula is C21H20N4O2S. The number of carbonyl (C=O) groups excluding carboxylic acids is 2. The topological polar surface area (TPSA) is 76.9 Å². The van der Waals surface area contributed by atoms with Crippen molar-refractivity contribution in [2.75, 3.05) is 11.1 Å². The number of hydrogen-bond donors (Lipinski definition) is 1. The molecule has 1 aromatic heterocycles. The van der Waals surface area contributed by atoms with Crippen molar-refractivity contribution in [3.8, 4) is 11.4 Å². The number of thioether (sulfide) groups is 1. The molecule has 0 saturated heterocycles. The summed E-state index contributed by atoms with van der Waals surface area (Å²) in [6, 6.07) is 16.6. The molecule has 0 aliphatic rings. The van der Waals surface area contributed by atoms with E-state index in [1.807, 2.05) is 34.9 Å². The Labute approximate surface area is 167 Å². The smallest absolute Gasteiger partial charge is 0.234 e. The minimum Gasteiger partial charge on any atom is -0.325 e. The third kappa shape index (κ3) is 4.75. The van der Waals surface area contributed by atoms with E-state index in [9.17, 15) is 9.59 Å². The predicted octanol–water partition coefficient (Wildman–Crippen LogP) is 4.06. The number of anilines is 1. The zero-order valence-corrected chi connectivity index (χ0v) is 16.3. The van der Waals surface area contributed by atoms with Gasteiger partial charge in [-0.05, 0) is 19.1 Å². The summed E-state index contributed by atoms with van der Waals surface area (Å²) in [5.74, 6) is 0.683. The quantitative estimate of drug-likeness (QED) is 0.355. The number of benzene rings is 2. The van der Waals surface area contributed by atoms with E-state index in [0.717, 1.165) is 11.4 Å². The van der Waals surface area contributed by atoms with Gasteiger partial charge in [0.05, 0.1) is 5.75 Å². The van der Waals surface area contributed by atoms with Crippen molar-refractivity contribution in [2.24, 2.45) is 0 Å². The van der Waals surface area contributed by atoms with Crippen LogP contribution in [0.2, 0.25) is 0 Å². The second kappa shape index (κ2) is 9.14. The molecule has 0 unspecified atom stereocenters. The van der Waals surface area contributed by atoms with Gasteiger partial charge in [0, 0.05) is 23.4 Å². The maximum Gasteiger partial charge on any atom is 0.234 e. The summed E-state index contributed by atoms with van der Waals surface area (Å²) >= 11 is 1.30. The third-order valence-electron chi connectivity index (χ3n) is 3.95. The first-order valence-electron chi connectivity index (χ1n) is 8.71. The van der Waals surface area contributed by atoms with Gasteiger partial charge in [0.1, 0.15) is 0 Å². The highest BCUT2D eigenvalue weighted by atomic mass is 32.2. The van der Waals surface area contributed by atoms with Crippen LogP contribution in [0, 0.1) is 0 Å². The third-order valence-corrected chi connectivity index (χ3v) is 4.91. The molecule has 0 fully saturated rings. The molecule has 0 spiro atoms. The standard InChI is InChI=1S/C21H20N4O2S/c1-3-12-25-20(16-8-5-4-6-9-16)23-24-21(25)28-14-19(27)22-18-11-7-10-17(13-18)15(2)26/h3-11,13H,1,12,14H2,2H3,(H,22,27). The highest BCUT2D eigenvalue weighted by Gasteiger charge is 2.15. The van der Waals surface area contributed by atoms with Crippen molar-refractivity contribution in [2.45, 2.75) is 18.6 Å². The fourth-order valence-corrected chi connectivity index (χ4v) is 3.38. The molecule has 0 bridgehead atoms. The average molecular weight is 392 g/mol. The number of hydrogen-bond acceptors (Lipinski definition) is 5. The van der Waals surface area contributed by atoms with Crippen molar-refractivity contribution in [3.63, 3.8) is 0 Å². The van der Waals surface area contributed by atoms with Crippen molar-refractivity contribution >= 4 is 29.1 Å². The first-order valence-corrected chi connectivity index (χ1v) is 9.70. The molecule has 1 heterocycles. The Morgan fingerprint density at radius 3 is 2.64 bits per heavy atom. The van der Waals surface area contributed by atoms with Crippen molar-refractivity contribution < 1.29 is 9.59 Å². The molecule has 1 amide bonds. The monoisotopic (exact) mass is 392 g/mol. The number of nitrogens with zero attached hydrogens (tertiary/aromatic N) is 3. The molecular weight excluding hydrogens is 372 g/mol. The number of allylic oxidation sites excluding steroid dienone is 1. The molecule has 142 valence electrons. The molecule has 3 rings (SSSR count). The molecule has 3 aromatic rings. The lowest BCUT2D eigenvalue weighted by atomic mass is 10.1. The summed E-state index contributed by atoms with van der Waals surface area (Å²) in [5.41, 5.74) is 2.11. The lowest BCUT2D eigenvalue weighted by Gasteiger charge is -2.08. The number of rotatable bonds is 8. The summed E-state index contributed by atoms with van der Waals surface area (Å²) in [4.78, 5) is 23.8. The summed E-state index contributed by atoms with van der Waals surface area (Å²) in [6.07, 6.45) is 1.77. The number of Topliss-reactive ketones (excluding diaryl/α,β-unsaturated/α-hetero) is 1. The lowest BCUT2D eigenvalue weighted by Crippen LogP contribution is -2.15. The van der Waals surface area contributed by atoms with Crippen LogP contribution in [0.1, 0.15) is 17.3 Å². The van der Waals surface area contributed by atoms with Crippen molar-refractivity contribution in [1.82, 2.24) is 14.8 Å². The molecule has 2 aromatic carbocycles. The van der Waals surface area contributed by atoms with Gasteiger partial charge in [-0.2, -0.15) is 0 Å². The minimum atomic E-state index is -0.180. The van der Waals surface area contributed by atoms with Gasteiger partial charge in [-0.15, -0.1) is 16.8 Å². The molecule has 0 atom stereocenters. The van der Waals surface area contributed by atoms with E-state index in [1.165, 1.54) is 18.7 Å². The van der Waals surface area contributed by atoms with Crippen LogP contribution in [0.5, 0.6) is 0 Å². The van der Waals surface area contributed by atoms with Crippen LogP contribution in [0.3, 0.4) is 0 Å². The first-order chi connectivity index (χ1) is 13.6. The van der Waals surface area contributed by atoms with Crippen LogP contribution >= 0.6 is 11.8 Å². The molecule has 0 saturated carbocycles. The van der Waals surface area contributed by atoms with Gasteiger partial charge in [-0.3, -0.25) is 14.2 Å². The zero-order chi connectivity index (χ0) is 19.9. The maximum absolute atomic E-state index is 12.3. The van der Waals surface area contributed by atoms with Crippen LogP contribution in [0.25, 0.3) is 11.4 Å². The van der Waals surface area contributed by atoms with Crippen LogP contribution in [-0.2, 0) is 11.3 Å². The lowest BCUT2D eigenvalue weighted by molar-refractivity contribution is -0.113. The van der Waals surface area contributed by atoms with Crippen molar-refractivity contribution in [1.29, 1.82) is 0 Å². The molecule has 28 heavy (non-hydrogen) atoms. The second-order valence-corrected chi connectivity index (χ2v) is 6.99. The normalized spacial score (nSPS) is 10.5. The number of ketones is 1. The Morgan fingerprint density at radius 2 is 1.93 bits per heavy atom. The van der Waals surface area contributed by atoms with Gasteiger partial charge in [-0.1, -0.05) is 60.3 Å². The predicted molar refractivity (Wildman–Crippen MR) is 111 cm³/mol. The number of nitrogens with one attached hydrogen (secondary N) is 1. The van der Waals surface area contributed by atoms with E-state index in [0.29, 0.717) is 23.0 Å². The summed E-state index contributed by atoms with van der Waals surface area (Å²) in [7, 11) is 0. The van der Waals surface area contributed by atoms with Gasteiger partial charge >= 0.3 is 0 Å². The zero-order valence-electron chi connectivity index (χ0n) is 15.5. The van der Waals surface area contributed by atoms with Crippen LogP contribution in [0.15, 0.2) is 72.4 Å². The van der Waals surface area contributed by atoms with Gasteiger partial charge in [-0.25, -0.2) is 0 Å². The molecule has 6 nitrogen and oxygen atoms in total. The van der Waals surface area contributed by atoms with E-state index >= 15 is 0 Å². The summed E-state index contributed by atoms with van der Waals surface area (Å²) < 4.78 is 1.93. The van der Waals surface area contributed by atoms with Gasteiger partial charge in [0.25, 0.3) is 0 Å². The largest absolute Gasteiger partial charge is 0.325 e. The minimum absolute atomic E-state index is 0.0450. The Morgan fingerprint density at radius 1 is 1.14 bits per heavy atom. The second-order valence-electron chi connectivity index (χ2n) is 6.05. The summed E-state index contributed by atoms with van der Waals surface area (Å²) in [5, 5.41) is 12.0. The fraction of sp³-hybridized carbons (Fsp3) is 0.143. The highest BCUT2D eigenvalue weighted by molar-refractivity contribution is 7.99. The van der Waals surface area contributed by atoms with E-state index in [1.54, 1.807) is 30.3 Å². The highest BCUT2D eigenvalue weighted by Crippen LogP contribution is 2.24. The number of amides is 1. The van der Waals surface area contributed by atoms with Crippen molar-refractivity contribution in [3.05, 3.63) is 72.8 Å². The Balaban J connectivity index is 1.69. The van der Waals surface area contributed by atoms with E-state index in [-0.39, 0.29) is 17.4 Å². The Bertz CT molecular complexity index is 999. The van der Waals surface area contributed by atoms with Gasteiger partial charge < -0.3 is 5.32 Å². The number of carbonyl (C=O) groups is 2. The SMILES string of the molecule is C=CCn1c(SCC(=O)Nc2cccc(C(C)=O)c2)nnc1-c1ccccc1. The van der Waals surface area contributed by atoms with E-state index in [2.05, 4.69) is 22.1 Å². The Kier molecular flexibility index (Phi) is 6.39. The van der Waals surface area contributed by atoms with Crippen LogP contribution in [-0.4, -0.2) is 32.2 Å². The molecule has 0 aliphatic carbocycles. The van der Waals surface area contributed by atoms with E-state index in [4.69, 9.17) is 0 Å². The van der Waals surface area contributed by atoms with Gasteiger partial charge in [0.2, 0.25) is 5.91 Å². The molecule has 0 radical (unpaired) electrons. The van der Waals surface area contributed by atoms with E-state index < -0.39 is 0 Å². The van der Waals surface area contributed by atoms with Gasteiger partial charge in [0.15, 0.2) is 16.8 Å². The van der Waals surface area contributed by atoms with Crippen LogP contribution in [0.4, 0.5) is 5.69 Å². The average Bonchev–Trinajstić information content (AvgIpc) is 3.10. The first kappa shape index (κ1) is 19.6. The molecule has 0 aliphatic heterocycles. The Hall–Kier alpha value is -3.19. The summed E-state index contributed by atoms with van der Waals surface area (Å²) in [6.45, 7) is 5.83. The van der Waals surface area contributed by atoms with Crippen LogP contribution < -0.4 is 5.32 Å².